The summed E-state index contributed by atoms with van der Waals surface area (Å²) in [5.74, 6) is -0.221. The van der Waals surface area contributed by atoms with Crippen molar-refractivity contribution in [2.75, 3.05) is 6.54 Å². The molecule has 0 radical (unpaired) electrons. The number of sulfonamides is 1. The monoisotopic (exact) mass is 324 g/mol. The molecule has 1 saturated heterocycles. The molecule has 0 N–H and O–H groups in total. The Labute approximate surface area is 129 Å². The van der Waals surface area contributed by atoms with E-state index in [4.69, 9.17) is 4.42 Å². The van der Waals surface area contributed by atoms with Crippen molar-refractivity contribution < 1.29 is 12.8 Å². The number of oxazole rings is 1. The van der Waals surface area contributed by atoms with Gasteiger partial charge in [0.05, 0.1) is 10.4 Å². The number of nitrogens with zero attached hydrogens (tertiary/aromatic N) is 2. The van der Waals surface area contributed by atoms with E-state index in [1.165, 1.54) is 10.6 Å². The van der Waals surface area contributed by atoms with Crippen LogP contribution in [-0.2, 0) is 17.1 Å². The van der Waals surface area contributed by atoms with Gasteiger partial charge in [0.25, 0.3) is 0 Å². The van der Waals surface area contributed by atoms with E-state index in [1.807, 2.05) is 13.8 Å². The number of aryl methyl sites for hydroxylation is 1. The zero-order valence-corrected chi connectivity index (χ0v) is 13.8. The maximum Gasteiger partial charge on any atom is 0.419 e. The molecule has 2 aromatic rings. The van der Waals surface area contributed by atoms with E-state index in [2.05, 4.69) is 0 Å². The molecule has 2 heterocycles. The van der Waals surface area contributed by atoms with Crippen LogP contribution in [0.3, 0.4) is 0 Å². The Morgan fingerprint density at radius 1 is 1.32 bits per heavy atom. The van der Waals surface area contributed by atoms with Gasteiger partial charge in [-0.2, -0.15) is 4.31 Å². The van der Waals surface area contributed by atoms with Gasteiger partial charge in [-0.25, -0.2) is 13.2 Å². The van der Waals surface area contributed by atoms with Gasteiger partial charge in [-0.1, -0.05) is 13.8 Å². The van der Waals surface area contributed by atoms with Gasteiger partial charge in [0, 0.05) is 25.7 Å². The minimum Gasteiger partial charge on any atom is -0.408 e. The predicted molar refractivity (Wildman–Crippen MR) is 83.2 cm³/mol. The summed E-state index contributed by atoms with van der Waals surface area (Å²) in [4.78, 5) is 11.7. The SMILES string of the molecule is CC(C)C1CCCN1S(=O)(=O)c1ccc2c(c1)oc(=O)n2C. The van der Waals surface area contributed by atoms with E-state index in [0.29, 0.717) is 17.6 Å². The Kier molecular flexibility index (Phi) is 3.65. The van der Waals surface area contributed by atoms with E-state index < -0.39 is 15.8 Å². The number of hydrogen-bond acceptors (Lipinski definition) is 4. The molecule has 1 aliphatic heterocycles. The van der Waals surface area contributed by atoms with Crippen LogP contribution in [0.1, 0.15) is 26.7 Å². The summed E-state index contributed by atoms with van der Waals surface area (Å²) in [5, 5.41) is 0. The molecule has 1 aromatic heterocycles. The molecule has 1 fully saturated rings. The highest BCUT2D eigenvalue weighted by molar-refractivity contribution is 7.89. The minimum absolute atomic E-state index is 0.0310. The summed E-state index contributed by atoms with van der Waals surface area (Å²) in [6.07, 6.45) is 1.77. The molecule has 0 bridgehead atoms. The van der Waals surface area contributed by atoms with E-state index in [1.54, 1.807) is 23.5 Å². The third kappa shape index (κ3) is 2.28. The van der Waals surface area contributed by atoms with Crippen molar-refractivity contribution in [3.63, 3.8) is 0 Å². The second kappa shape index (κ2) is 5.24. The number of hydrogen-bond donors (Lipinski definition) is 0. The van der Waals surface area contributed by atoms with Gasteiger partial charge in [-0.15, -0.1) is 0 Å². The molecular weight excluding hydrogens is 304 g/mol. The first kappa shape index (κ1) is 15.3. The van der Waals surface area contributed by atoms with Crippen molar-refractivity contribution in [1.82, 2.24) is 8.87 Å². The summed E-state index contributed by atoms with van der Waals surface area (Å²) in [6, 6.07) is 4.64. The lowest BCUT2D eigenvalue weighted by Gasteiger charge is -2.26. The third-order valence-corrected chi connectivity index (χ3v) is 6.31. The third-order valence-electron chi connectivity index (χ3n) is 4.39. The Hall–Kier alpha value is -1.60. The van der Waals surface area contributed by atoms with Gasteiger partial charge in [0.15, 0.2) is 5.58 Å². The maximum atomic E-state index is 12.9. The highest BCUT2D eigenvalue weighted by atomic mass is 32.2. The van der Waals surface area contributed by atoms with Gasteiger partial charge in [0.2, 0.25) is 10.0 Å². The lowest BCUT2D eigenvalue weighted by molar-refractivity contribution is 0.316. The first-order valence-electron chi connectivity index (χ1n) is 7.44. The zero-order chi connectivity index (χ0) is 16.1. The molecule has 6 nitrogen and oxygen atoms in total. The summed E-state index contributed by atoms with van der Waals surface area (Å²) in [7, 11) is -1.97. The largest absolute Gasteiger partial charge is 0.419 e. The van der Waals surface area contributed by atoms with Gasteiger partial charge in [0.1, 0.15) is 0 Å². The van der Waals surface area contributed by atoms with E-state index in [9.17, 15) is 13.2 Å². The smallest absolute Gasteiger partial charge is 0.408 e. The van der Waals surface area contributed by atoms with Gasteiger partial charge in [-0.3, -0.25) is 4.57 Å². The number of benzene rings is 1. The standard InChI is InChI=1S/C15H20N2O4S/c1-10(2)12-5-4-8-17(12)22(19,20)11-6-7-13-14(9-11)21-15(18)16(13)3/h6-7,9-10,12H,4-5,8H2,1-3H3. The Bertz CT molecular complexity index is 863. The molecule has 0 spiro atoms. The van der Waals surface area contributed by atoms with Crippen molar-refractivity contribution >= 4 is 21.1 Å². The second-order valence-electron chi connectivity index (χ2n) is 6.13. The fourth-order valence-corrected chi connectivity index (χ4v) is 4.98. The summed E-state index contributed by atoms with van der Waals surface area (Å²) in [6.45, 7) is 4.62. The molecular formula is C15H20N2O4S. The van der Waals surface area contributed by atoms with Gasteiger partial charge in [-0.05, 0) is 30.9 Å². The van der Waals surface area contributed by atoms with Crippen molar-refractivity contribution in [3.05, 3.63) is 28.7 Å². The van der Waals surface area contributed by atoms with Crippen LogP contribution in [0.15, 0.2) is 32.3 Å². The Balaban J connectivity index is 2.07. The number of fused-ring (bicyclic) bond motifs is 1. The van der Waals surface area contributed by atoms with E-state index in [-0.39, 0.29) is 16.9 Å². The van der Waals surface area contributed by atoms with Crippen molar-refractivity contribution in [2.24, 2.45) is 13.0 Å². The summed E-state index contributed by atoms with van der Waals surface area (Å²) >= 11 is 0. The Morgan fingerprint density at radius 2 is 2.05 bits per heavy atom. The van der Waals surface area contributed by atoms with Crippen LogP contribution in [-0.4, -0.2) is 29.9 Å². The van der Waals surface area contributed by atoms with Crippen molar-refractivity contribution in [1.29, 1.82) is 0 Å². The molecule has 0 amide bonds. The summed E-state index contributed by atoms with van der Waals surface area (Å²) in [5.41, 5.74) is 0.889. The maximum absolute atomic E-state index is 12.9. The zero-order valence-electron chi connectivity index (χ0n) is 12.9. The van der Waals surface area contributed by atoms with Crippen LogP contribution in [0.25, 0.3) is 11.1 Å². The molecule has 120 valence electrons. The predicted octanol–water partition coefficient (Wildman–Crippen LogP) is 1.94. The average molecular weight is 324 g/mol. The van der Waals surface area contributed by atoms with Crippen molar-refractivity contribution in [3.8, 4) is 0 Å². The quantitative estimate of drug-likeness (QED) is 0.865. The molecule has 0 saturated carbocycles. The molecule has 1 unspecified atom stereocenters. The topological polar surface area (TPSA) is 72.5 Å². The molecule has 3 rings (SSSR count). The molecule has 1 aliphatic rings. The molecule has 22 heavy (non-hydrogen) atoms. The average Bonchev–Trinajstić information content (AvgIpc) is 3.05. The van der Waals surface area contributed by atoms with Crippen LogP contribution < -0.4 is 5.76 Å². The van der Waals surface area contributed by atoms with Crippen LogP contribution in [0.2, 0.25) is 0 Å². The number of aromatic nitrogens is 1. The number of rotatable bonds is 3. The lowest BCUT2D eigenvalue weighted by atomic mass is 10.0. The first-order chi connectivity index (χ1) is 10.3. The van der Waals surface area contributed by atoms with E-state index in [0.717, 1.165) is 12.8 Å². The molecule has 0 aliphatic carbocycles. The fourth-order valence-electron chi connectivity index (χ4n) is 3.14. The Morgan fingerprint density at radius 3 is 2.73 bits per heavy atom. The molecule has 1 atom stereocenters. The van der Waals surface area contributed by atoms with E-state index >= 15 is 0 Å². The highest BCUT2D eigenvalue weighted by Crippen LogP contribution is 2.31. The van der Waals surface area contributed by atoms with Crippen molar-refractivity contribution in [2.45, 2.75) is 37.6 Å². The fraction of sp³-hybridized carbons (Fsp3) is 0.533. The van der Waals surface area contributed by atoms with Gasteiger partial charge < -0.3 is 4.42 Å². The second-order valence-corrected chi connectivity index (χ2v) is 8.02. The minimum atomic E-state index is -3.57. The van der Waals surface area contributed by atoms with Crippen LogP contribution in [0.4, 0.5) is 0 Å². The van der Waals surface area contributed by atoms with Crippen LogP contribution in [0, 0.1) is 5.92 Å². The highest BCUT2D eigenvalue weighted by Gasteiger charge is 2.36. The molecule has 1 aromatic carbocycles. The molecule has 7 heteroatoms. The summed E-state index contributed by atoms with van der Waals surface area (Å²) < 4.78 is 33.8. The van der Waals surface area contributed by atoms with Crippen LogP contribution in [0.5, 0.6) is 0 Å². The van der Waals surface area contributed by atoms with Crippen LogP contribution >= 0.6 is 0 Å². The first-order valence-corrected chi connectivity index (χ1v) is 8.88. The van der Waals surface area contributed by atoms with Gasteiger partial charge >= 0.3 is 5.76 Å². The normalized spacial score (nSPS) is 20.3. The lowest BCUT2D eigenvalue weighted by Crippen LogP contribution is -2.38.